The molecule has 0 aliphatic carbocycles. The quantitative estimate of drug-likeness (QED) is 0.585. The number of rotatable bonds is 4. The van der Waals surface area contributed by atoms with Crippen molar-refractivity contribution in [1.29, 1.82) is 0 Å². The Labute approximate surface area is 161 Å². The van der Waals surface area contributed by atoms with Crippen molar-refractivity contribution in [3.63, 3.8) is 0 Å². The molecule has 0 unspecified atom stereocenters. The Morgan fingerprint density at radius 3 is 2.70 bits per heavy atom. The number of thiazole rings is 1. The molecule has 1 N–H and O–H groups in total. The van der Waals surface area contributed by atoms with E-state index in [4.69, 9.17) is 0 Å². The van der Waals surface area contributed by atoms with E-state index in [-0.39, 0.29) is 11.9 Å². The van der Waals surface area contributed by atoms with Gasteiger partial charge in [0.1, 0.15) is 5.69 Å². The van der Waals surface area contributed by atoms with Crippen LogP contribution < -0.4 is 5.32 Å². The van der Waals surface area contributed by atoms with Crippen LogP contribution in [0.3, 0.4) is 0 Å². The molecule has 1 aromatic carbocycles. The Morgan fingerprint density at radius 1 is 1.22 bits per heavy atom. The zero-order valence-corrected chi connectivity index (χ0v) is 16.5. The van der Waals surface area contributed by atoms with Gasteiger partial charge in [0.2, 0.25) is 0 Å². The van der Waals surface area contributed by atoms with Gasteiger partial charge in [0.25, 0.3) is 5.91 Å². The van der Waals surface area contributed by atoms with Gasteiger partial charge >= 0.3 is 0 Å². The minimum Gasteiger partial charge on any atom is -0.344 e. The van der Waals surface area contributed by atoms with E-state index in [1.54, 1.807) is 4.68 Å². The molecule has 0 radical (unpaired) electrons. The fraction of sp³-hybridized carbons (Fsp3) is 0.250. The first kappa shape index (κ1) is 17.5. The summed E-state index contributed by atoms with van der Waals surface area (Å²) in [4.78, 5) is 18.4. The summed E-state index contributed by atoms with van der Waals surface area (Å²) in [5, 5.41) is 9.27. The molecule has 0 saturated carbocycles. The highest BCUT2D eigenvalue weighted by atomic mass is 32.1. The molecular weight excluding hydrogens is 358 g/mol. The maximum Gasteiger partial charge on any atom is 0.269 e. The number of imidazole rings is 1. The first-order valence-electron chi connectivity index (χ1n) is 8.77. The van der Waals surface area contributed by atoms with Gasteiger partial charge in [0, 0.05) is 35.9 Å². The molecule has 0 saturated heterocycles. The van der Waals surface area contributed by atoms with Crippen LogP contribution in [0.1, 0.15) is 40.3 Å². The second-order valence-electron chi connectivity index (χ2n) is 6.75. The topological polar surface area (TPSA) is 64.2 Å². The lowest BCUT2D eigenvalue weighted by Crippen LogP contribution is -2.27. The van der Waals surface area contributed by atoms with Crippen LogP contribution in [0.2, 0.25) is 0 Å². The number of hydrogen-bond acceptors (Lipinski definition) is 4. The molecule has 3 heterocycles. The number of carbonyl (C=O) groups is 1. The fourth-order valence-corrected chi connectivity index (χ4v) is 4.18. The van der Waals surface area contributed by atoms with Crippen LogP contribution in [0.15, 0.2) is 42.0 Å². The van der Waals surface area contributed by atoms with Crippen molar-refractivity contribution in [3.8, 4) is 11.3 Å². The number of hydrogen-bond donors (Lipinski definition) is 1. The minimum atomic E-state index is -0.125. The number of aryl methyl sites for hydroxylation is 3. The summed E-state index contributed by atoms with van der Waals surface area (Å²) in [5.74, 6) is -0.120. The van der Waals surface area contributed by atoms with Gasteiger partial charge in [-0.2, -0.15) is 5.10 Å². The molecule has 0 aliphatic rings. The van der Waals surface area contributed by atoms with Crippen molar-refractivity contribution in [3.05, 3.63) is 64.6 Å². The molecule has 27 heavy (non-hydrogen) atoms. The van der Waals surface area contributed by atoms with Crippen molar-refractivity contribution in [1.82, 2.24) is 24.5 Å². The predicted molar refractivity (Wildman–Crippen MR) is 107 cm³/mol. The highest BCUT2D eigenvalue weighted by Gasteiger charge is 2.19. The molecular formula is C20H21N5OS. The van der Waals surface area contributed by atoms with Crippen LogP contribution in [0.25, 0.3) is 16.2 Å². The largest absolute Gasteiger partial charge is 0.344 e. The molecule has 1 atom stereocenters. The van der Waals surface area contributed by atoms with Crippen LogP contribution in [-0.2, 0) is 7.05 Å². The number of carbonyl (C=O) groups excluding carboxylic acids is 1. The van der Waals surface area contributed by atoms with Crippen molar-refractivity contribution in [2.24, 2.45) is 7.05 Å². The minimum absolute atomic E-state index is 0.120. The average Bonchev–Trinajstić information content (AvgIpc) is 3.28. The number of benzene rings is 1. The van der Waals surface area contributed by atoms with E-state index in [9.17, 15) is 4.79 Å². The first-order valence-corrected chi connectivity index (χ1v) is 9.65. The van der Waals surface area contributed by atoms with Gasteiger partial charge in [-0.3, -0.25) is 13.9 Å². The molecule has 3 aromatic heterocycles. The molecule has 0 bridgehead atoms. The summed E-state index contributed by atoms with van der Waals surface area (Å²) in [7, 11) is 1.88. The Bertz CT molecular complexity index is 1140. The summed E-state index contributed by atoms with van der Waals surface area (Å²) in [6.45, 7) is 5.98. The second kappa shape index (κ2) is 6.66. The molecule has 4 aromatic rings. The van der Waals surface area contributed by atoms with E-state index in [1.165, 1.54) is 11.3 Å². The maximum atomic E-state index is 12.9. The number of fused-ring (bicyclic) bond motifs is 1. The van der Waals surface area contributed by atoms with Crippen molar-refractivity contribution in [2.75, 3.05) is 0 Å². The third kappa shape index (κ3) is 3.14. The zero-order valence-electron chi connectivity index (χ0n) is 15.7. The van der Waals surface area contributed by atoms with Crippen LogP contribution in [0, 0.1) is 13.8 Å². The normalized spacial score (nSPS) is 12.4. The molecule has 138 valence electrons. The maximum absolute atomic E-state index is 12.9. The summed E-state index contributed by atoms with van der Waals surface area (Å²) in [6, 6.07) is 8.00. The first-order chi connectivity index (χ1) is 12.9. The van der Waals surface area contributed by atoms with Crippen LogP contribution in [0.5, 0.6) is 0 Å². The van der Waals surface area contributed by atoms with Gasteiger partial charge in [0.05, 0.1) is 17.4 Å². The van der Waals surface area contributed by atoms with Crippen molar-refractivity contribution >= 4 is 22.2 Å². The summed E-state index contributed by atoms with van der Waals surface area (Å²) >= 11 is 1.47. The smallest absolute Gasteiger partial charge is 0.269 e. The summed E-state index contributed by atoms with van der Waals surface area (Å²) in [6.07, 6.45) is 3.88. The van der Waals surface area contributed by atoms with Crippen LogP contribution >= 0.6 is 11.3 Å². The molecule has 0 fully saturated rings. The third-order valence-electron chi connectivity index (χ3n) is 4.73. The lowest BCUT2D eigenvalue weighted by Gasteiger charge is -2.12. The fourth-order valence-electron chi connectivity index (χ4n) is 3.33. The second-order valence-corrected chi connectivity index (χ2v) is 7.59. The lowest BCUT2D eigenvalue weighted by molar-refractivity contribution is 0.0934. The van der Waals surface area contributed by atoms with Gasteiger partial charge in [0.15, 0.2) is 4.96 Å². The predicted octanol–water partition coefficient (Wildman–Crippen LogP) is 3.90. The highest BCUT2D eigenvalue weighted by Crippen LogP contribution is 2.26. The number of amides is 1. The Balaban J connectivity index is 1.63. The van der Waals surface area contributed by atoms with Crippen LogP contribution in [-0.4, -0.2) is 25.1 Å². The van der Waals surface area contributed by atoms with Gasteiger partial charge in [-0.05, 0) is 26.3 Å². The molecule has 0 spiro atoms. The molecule has 7 heteroatoms. The number of nitrogens with zero attached hydrogens (tertiary/aromatic N) is 4. The van der Waals surface area contributed by atoms with Gasteiger partial charge in [-0.15, -0.1) is 11.3 Å². The Morgan fingerprint density at radius 2 is 2.00 bits per heavy atom. The van der Waals surface area contributed by atoms with Crippen LogP contribution in [0.4, 0.5) is 0 Å². The van der Waals surface area contributed by atoms with E-state index < -0.39 is 0 Å². The molecule has 1 amide bonds. The van der Waals surface area contributed by atoms with Crippen molar-refractivity contribution in [2.45, 2.75) is 26.8 Å². The van der Waals surface area contributed by atoms with Crippen molar-refractivity contribution < 1.29 is 4.79 Å². The van der Waals surface area contributed by atoms with E-state index in [2.05, 4.69) is 34.5 Å². The number of aromatic nitrogens is 4. The Hall–Kier alpha value is -2.93. The molecule has 4 rings (SSSR count). The third-order valence-corrected chi connectivity index (χ3v) is 5.57. The van der Waals surface area contributed by atoms with Gasteiger partial charge < -0.3 is 5.32 Å². The van der Waals surface area contributed by atoms with E-state index >= 15 is 0 Å². The van der Waals surface area contributed by atoms with E-state index in [0.717, 1.165) is 33.0 Å². The SMILES string of the molecule is Cc1ccccc1-c1cn2c(C(=O)N[C@@H](C)c3cn(C)nc3C)csc2n1. The average molecular weight is 379 g/mol. The molecule has 6 nitrogen and oxygen atoms in total. The van der Waals surface area contributed by atoms with E-state index in [0.29, 0.717) is 5.69 Å². The van der Waals surface area contributed by atoms with E-state index in [1.807, 2.05) is 55.2 Å². The zero-order chi connectivity index (χ0) is 19.1. The Kier molecular flexibility index (Phi) is 4.31. The standard InChI is InChI=1S/C20H21N5OS/c1-12-7-5-6-8-15(12)17-10-25-18(11-27-20(25)22-17)19(26)21-13(2)16-9-24(4)23-14(16)3/h5-11,13H,1-4H3,(H,21,26)/t13-/m0/s1. The summed E-state index contributed by atoms with van der Waals surface area (Å²) < 4.78 is 3.63. The number of nitrogens with one attached hydrogen (secondary N) is 1. The lowest BCUT2D eigenvalue weighted by atomic mass is 10.1. The highest BCUT2D eigenvalue weighted by molar-refractivity contribution is 7.15. The van der Waals surface area contributed by atoms with Gasteiger partial charge in [-0.1, -0.05) is 24.3 Å². The molecule has 0 aliphatic heterocycles. The summed E-state index contributed by atoms with van der Waals surface area (Å²) in [5.41, 5.74) is 5.66. The monoisotopic (exact) mass is 379 g/mol. The van der Waals surface area contributed by atoms with Gasteiger partial charge in [-0.25, -0.2) is 4.98 Å².